The van der Waals surface area contributed by atoms with Crippen molar-refractivity contribution in [2.45, 2.75) is 83.7 Å². The van der Waals surface area contributed by atoms with Gasteiger partial charge in [0.2, 0.25) is 11.8 Å². The monoisotopic (exact) mass is 861 g/mol. The highest BCUT2D eigenvalue weighted by atomic mass is 16.5. The highest BCUT2D eigenvalue weighted by Gasteiger charge is 2.36. The highest BCUT2D eigenvalue weighted by Crippen LogP contribution is 2.41. The third-order valence-corrected chi connectivity index (χ3v) is 11.6. The van der Waals surface area contributed by atoms with Gasteiger partial charge in [-0.1, -0.05) is 87.4 Å². The van der Waals surface area contributed by atoms with E-state index in [9.17, 15) is 29.1 Å². The maximum Gasteiger partial charge on any atom is 0.326 e. The number of aryl methyl sites for hydroxylation is 1. The summed E-state index contributed by atoms with van der Waals surface area (Å²) >= 11 is 0. The molecule has 4 aromatic rings. The van der Waals surface area contributed by atoms with Crippen molar-refractivity contribution in [1.82, 2.24) is 10.2 Å². The summed E-state index contributed by atoms with van der Waals surface area (Å²) in [4.78, 5) is 70.8. The van der Waals surface area contributed by atoms with E-state index in [0.717, 1.165) is 30.4 Å². The van der Waals surface area contributed by atoms with Gasteiger partial charge in [-0.3, -0.25) is 19.2 Å². The number of likely N-dealkylation sites (N-methyl/N-ethyl adjacent to an activating group) is 1. The number of hydrogen-bond acceptors (Lipinski definition) is 10. The van der Waals surface area contributed by atoms with Crippen molar-refractivity contribution in [3.63, 3.8) is 0 Å². The second kappa shape index (κ2) is 23.5. The number of ether oxygens (including phenoxy) is 2. The van der Waals surface area contributed by atoms with Gasteiger partial charge in [0.05, 0.1) is 0 Å². The van der Waals surface area contributed by atoms with Gasteiger partial charge >= 0.3 is 5.97 Å². The number of ketones is 2. The zero-order chi connectivity index (χ0) is 45.5. The Morgan fingerprint density at radius 2 is 1.41 bits per heavy atom. The number of benzene rings is 4. The topological polar surface area (TPSA) is 217 Å². The molecule has 63 heavy (non-hydrogen) atoms. The van der Waals surface area contributed by atoms with Crippen LogP contribution in [0.3, 0.4) is 0 Å². The van der Waals surface area contributed by atoms with Gasteiger partial charge < -0.3 is 42.0 Å². The number of amides is 2. The third-order valence-electron chi connectivity index (χ3n) is 11.6. The van der Waals surface area contributed by atoms with Crippen LogP contribution in [0, 0.1) is 11.8 Å². The Morgan fingerprint density at radius 1 is 0.794 bits per heavy atom. The maximum atomic E-state index is 14.8. The summed E-state index contributed by atoms with van der Waals surface area (Å²) in [5, 5.41) is 12.8. The Kier molecular flexibility index (Phi) is 18.0. The van der Waals surface area contributed by atoms with E-state index in [1.165, 1.54) is 17.5 Å². The standard InChI is InChI=1S/C50H63N5O8/c1-4-5-8-33-10-13-35(14-11-33)36-15-17-37(18-16-36)43(56)31-39(9-6-7-22-51)49(59)55(3)47-38-19-21-46(63-26-24-53)41(30-38)40-28-34(12-20-45(40)62-25-23-52)29-42(50(60)61)54-48(58)32(2)27-44(47)57/h10-21,28,30,32,39,42,47H,4-9,22-27,29,31,51-53H2,1-3H3,(H,54,58)(H,60,61)/t32-,39-,42+,47+/m1/s1. The van der Waals surface area contributed by atoms with Crippen LogP contribution in [0.25, 0.3) is 22.3 Å². The number of rotatable bonds is 20. The number of fused-ring (bicyclic) bond motifs is 5. The minimum absolute atomic E-state index is 0.0498. The second-order valence-electron chi connectivity index (χ2n) is 16.4. The Morgan fingerprint density at radius 3 is 2.02 bits per heavy atom. The summed E-state index contributed by atoms with van der Waals surface area (Å²) in [5.41, 5.74) is 23.3. The van der Waals surface area contributed by atoms with E-state index >= 15 is 0 Å². The van der Waals surface area contributed by atoms with Gasteiger partial charge in [0.15, 0.2) is 11.6 Å². The lowest BCUT2D eigenvalue weighted by Crippen LogP contribution is -2.45. The van der Waals surface area contributed by atoms with E-state index in [-0.39, 0.29) is 51.3 Å². The van der Waals surface area contributed by atoms with Crippen LogP contribution in [0.15, 0.2) is 84.9 Å². The summed E-state index contributed by atoms with van der Waals surface area (Å²) in [5.74, 6) is -3.81. The lowest BCUT2D eigenvalue weighted by atomic mass is 9.88. The number of unbranched alkanes of at least 4 members (excludes halogenated alkanes) is 2. The van der Waals surface area contributed by atoms with Gasteiger partial charge in [-0.25, -0.2) is 4.79 Å². The zero-order valence-electron chi connectivity index (χ0n) is 36.8. The fraction of sp³-hybridized carbons (Fsp3) is 0.420. The summed E-state index contributed by atoms with van der Waals surface area (Å²) in [7, 11) is 1.54. The molecule has 4 aromatic carbocycles. The molecular weight excluding hydrogens is 799 g/mol. The zero-order valence-corrected chi connectivity index (χ0v) is 36.8. The van der Waals surface area contributed by atoms with Gasteiger partial charge in [0, 0.05) is 67.9 Å². The summed E-state index contributed by atoms with van der Waals surface area (Å²) in [6, 6.07) is 23.7. The van der Waals surface area contributed by atoms with Crippen molar-refractivity contribution < 1.29 is 38.6 Å². The summed E-state index contributed by atoms with van der Waals surface area (Å²) < 4.78 is 12.2. The first-order chi connectivity index (χ1) is 30.4. The largest absolute Gasteiger partial charge is 0.492 e. The van der Waals surface area contributed by atoms with Crippen molar-refractivity contribution >= 4 is 29.4 Å². The smallest absolute Gasteiger partial charge is 0.326 e. The Hall–Kier alpha value is -5.89. The number of carbonyl (C=O) groups excluding carboxylic acids is 4. The Labute approximate surface area is 370 Å². The number of nitrogens with zero attached hydrogens (tertiary/aromatic N) is 1. The number of hydrogen-bond donors (Lipinski definition) is 5. The minimum Gasteiger partial charge on any atom is -0.492 e. The van der Waals surface area contributed by atoms with Crippen LogP contribution < -0.4 is 32.0 Å². The maximum absolute atomic E-state index is 14.8. The SMILES string of the molecule is CCCCc1ccc(-c2ccc(C(=O)C[C@@H](CCCCN)C(=O)N(C)[C@@H]3C(=O)C[C@@H](C)C(=O)N[C@H](C(=O)O)Cc4ccc(OCCN)c(c4)-c4cc3ccc4OCCN)cc2)cc1. The molecule has 0 spiro atoms. The van der Waals surface area contributed by atoms with E-state index < -0.39 is 47.5 Å². The fourth-order valence-electron chi connectivity index (χ4n) is 8.01. The molecule has 4 atom stereocenters. The van der Waals surface area contributed by atoms with Gasteiger partial charge in [-0.2, -0.15) is 0 Å². The van der Waals surface area contributed by atoms with Crippen LogP contribution in [-0.2, 0) is 32.0 Å². The Balaban J connectivity index is 1.53. The molecule has 0 saturated carbocycles. The number of carboxylic acid groups (broad SMARTS) is 1. The number of nitrogens with two attached hydrogens (primary N) is 3. The molecule has 336 valence electrons. The lowest BCUT2D eigenvalue weighted by molar-refractivity contribution is -0.144. The van der Waals surface area contributed by atoms with Crippen LogP contribution in [0.2, 0.25) is 0 Å². The van der Waals surface area contributed by atoms with Crippen molar-refractivity contribution in [2.24, 2.45) is 29.0 Å². The molecule has 0 radical (unpaired) electrons. The quantitative estimate of drug-likeness (QED) is 0.0492. The number of aliphatic carboxylic acids is 1. The average molecular weight is 862 g/mol. The lowest BCUT2D eigenvalue weighted by Gasteiger charge is -2.32. The van der Waals surface area contributed by atoms with Crippen LogP contribution in [0.5, 0.6) is 11.5 Å². The van der Waals surface area contributed by atoms with Gasteiger partial charge in [-0.15, -0.1) is 0 Å². The highest BCUT2D eigenvalue weighted by molar-refractivity contribution is 6.00. The molecule has 4 bridgehead atoms. The first-order valence-electron chi connectivity index (χ1n) is 22.1. The van der Waals surface area contributed by atoms with Crippen LogP contribution in [-0.4, -0.2) is 85.3 Å². The number of carboxylic acids is 1. The molecule has 0 fully saturated rings. The third kappa shape index (κ3) is 12.8. The van der Waals surface area contributed by atoms with E-state index in [2.05, 4.69) is 36.5 Å². The van der Waals surface area contributed by atoms with Crippen molar-refractivity contribution in [2.75, 3.05) is 39.9 Å². The van der Waals surface area contributed by atoms with Gasteiger partial charge in [0.1, 0.15) is 36.8 Å². The molecule has 1 heterocycles. The fourth-order valence-corrected chi connectivity index (χ4v) is 8.01. The average Bonchev–Trinajstić information content (AvgIpc) is 3.28. The molecule has 0 aliphatic carbocycles. The molecule has 1 aliphatic rings. The van der Waals surface area contributed by atoms with Crippen LogP contribution in [0.1, 0.15) is 91.9 Å². The van der Waals surface area contributed by atoms with Crippen molar-refractivity contribution in [1.29, 1.82) is 0 Å². The van der Waals surface area contributed by atoms with Gasteiger partial charge in [0.25, 0.3) is 0 Å². The summed E-state index contributed by atoms with van der Waals surface area (Å²) in [6.07, 6.45) is 4.43. The van der Waals surface area contributed by atoms with Crippen molar-refractivity contribution in [3.8, 4) is 33.8 Å². The Bertz CT molecular complexity index is 2190. The summed E-state index contributed by atoms with van der Waals surface area (Å²) in [6.45, 7) is 4.92. The van der Waals surface area contributed by atoms with E-state index in [4.69, 9.17) is 26.7 Å². The second-order valence-corrected chi connectivity index (χ2v) is 16.4. The molecule has 0 aromatic heterocycles. The number of Topliss-reactive ketones (excluding diaryl/α,β-unsaturated/α-hetero) is 2. The molecular formula is C50H63N5O8. The van der Waals surface area contributed by atoms with Gasteiger partial charge in [-0.05, 0) is 84.3 Å². The molecule has 0 unspecified atom stereocenters. The van der Waals surface area contributed by atoms with E-state index in [0.29, 0.717) is 65.1 Å². The normalized spacial score (nSPS) is 17.0. The predicted octanol–water partition coefficient (Wildman–Crippen LogP) is 6.28. The molecule has 8 N–H and O–H groups in total. The molecule has 0 saturated heterocycles. The minimum atomic E-state index is -1.30. The molecule has 1 aliphatic heterocycles. The number of nitrogens with one attached hydrogen (secondary N) is 1. The molecule has 2 amide bonds. The number of carbonyl (C=O) groups is 5. The molecule has 13 nitrogen and oxygen atoms in total. The van der Waals surface area contributed by atoms with Crippen LogP contribution in [0.4, 0.5) is 0 Å². The first-order valence-corrected chi connectivity index (χ1v) is 22.1. The van der Waals surface area contributed by atoms with E-state index in [1.54, 1.807) is 55.5 Å². The van der Waals surface area contributed by atoms with Crippen LogP contribution >= 0.6 is 0 Å². The predicted molar refractivity (Wildman–Crippen MR) is 244 cm³/mol. The first kappa shape index (κ1) is 48.1. The molecule has 13 heteroatoms. The van der Waals surface area contributed by atoms with Crippen molar-refractivity contribution in [3.05, 3.63) is 107 Å². The van der Waals surface area contributed by atoms with E-state index in [1.807, 2.05) is 12.1 Å². The molecule has 5 rings (SSSR count).